The third-order valence-electron chi connectivity index (χ3n) is 5.77. The zero-order chi connectivity index (χ0) is 20.8. The van der Waals surface area contributed by atoms with Crippen molar-refractivity contribution < 1.29 is 9.32 Å². The number of amides is 1. The van der Waals surface area contributed by atoms with E-state index in [9.17, 15) is 4.79 Å². The van der Waals surface area contributed by atoms with Crippen molar-refractivity contribution >= 4 is 34.5 Å². The van der Waals surface area contributed by atoms with Gasteiger partial charge in [0.15, 0.2) is 0 Å². The molecule has 31 heavy (non-hydrogen) atoms. The zero-order valence-electron chi connectivity index (χ0n) is 16.6. The van der Waals surface area contributed by atoms with Gasteiger partial charge in [-0.1, -0.05) is 5.16 Å². The predicted octanol–water partition coefficient (Wildman–Crippen LogP) is 2.98. The summed E-state index contributed by atoms with van der Waals surface area (Å²) >= 11 is 1.16. The van der Waals surface area contributed by atoms with Gasteiger partial charge in [0.05, 0.1) is 11.7 Å². The Balaban J connectivity index is 1.10. The van der Waals surface area contributed by atoms with Gasteiger partial charge in [-0.25, -0.2) is 4.98 Å². The Morgan fingerprint density at radius 1 is 1.03 bits per heavy atom. The molecule has 0 unspecified atom stereocenters. The van der Waals surface area contributed by atoms with Crippen LogP contribution in [0.1, 0.15) is 35.0 Å². The number of pyridine rings is 1. The van der Waals surface area contributed by atoms with Crippen molar-refractivity contribution in [1.82, 2.24) is 28.8 Å². The molecule has 2 fully saturated rings. The van der Waals surface area contributed by atoms with Crippen molar-refractivity contribution in [2.24, 2.45) is 0 Å². The van der Waals surface area contributed by atoms with Gasteiger partial charge in [0.25, 0.3) is 5.91 Å². The summed E-state index contributed by atoms with van der Waals surface area (Å²) in [6.07, 6.45) is 4.04. The smallest absolute Gasteiger partial charge is 0.254 e. The normalized spacial score (nSPS) is 16.8. The first-order valence-corrected chi connectivity index (χ1v) is 11.0. The molecule has 2 aliphatic rings. The summed E-state index contributed by atoms with van der Waals surface area (Å²) in [5.41, 5.74) is 3.09. The van der Waals surface area contributed by atoms with E-state index in [1.165, 1.54) is 0 Å². The molecule has 1 saturated heterocycles. The molecule has 0 radical (unpaired) electrons. The molecule has 6 rings (SSSR count). The maximum atomic E-state index is 12.9. The lowest BCUT2D eigenvalue weighted by Crippen LogP contribution is -2.49. The highest BCUT2D eigenvalue weighted by molar-refractivity contribution is 7.00. The summed E-state index contributed by atoms with van der Waals surface area (Å²) in [5, 5.41) is 4.07. The van der Waals surface area contributed by atoms with E-state index in [0.29, 0.717) is 30.4 Å². The van der Waals surface area contributed by atoms with Gasteiger partial charge in [-0.15, -0.1) is 0 Å². The second-order valence-electron chi connectivity index (χ2n) is 7.88. The molecule has 1 amide bonds. The average molecular weight is 433 g/mol. The number of fused-ring (bicyclic) bond motifs is 1. The summed E-state index contributed by atoms with van der Waals surface area (Å²) in [6, 6.07) is 9.44. The summed E-state index contributed by atoms with van der Waals surface area (Å²) in [6.45, 7) is 2.75. The molecule has 4 heterocycles. The molecule has 0 spiro atoms. The van der Waals surface area contributed by atoms with Crippen LogP contribution in [0, 0.1) is 0 Å². The van der Waals surface area contributed by atoms with Crippen LogP contribution in [-0.4, -0.2) is 60.9 Å². The summed E-state index contributed by atoms with van der Waals surface area (Å²) in [7, 11) is 0. The first-order valence-electron chi connectivity index (χ1n) is 10.3. The fraction of sp³-hybridized carbons (Fsp3) is 0.333. The fourth-order valence-electron chi connectivity index (χ4n) is 3.79. The number of carbonyl (C=O) groups excluding carboxylic acids is 1. The van der Waals surface area contributed by atoms with Gasteiger partial charge in [-0.2, -0.15) is 13.7 Å². The first kappa shape index (κ1) is 18.4. The van der Waals surface area contributed by atoms with Crippen LogP contribution >= 0.6 is 11.7 Å². The molecule has 1 aromatic carbocycles. The standard InChI is InChI=1S/C21H19N7O2S/c29-21(14-3-5-16-17(11-14)26-31-25-16)28-9-7-27(8-10-28)18-6-4-15(12-22-18)19-23-20(30-24-19)13-1-2-13/h3-6,11-13H,1-2,7-10H2. The van der Waals surface area contributed by atoms with E-state index < -0.39 is 0 Å². The van der Waals surface area contributed by atoms with Crippen LogP contribution in [0.25, 0.3) is 22.4 Å². The van der Waals surface area contributed by atoms with Gasteiger partial charge in [0, 0.05) is 49.4 Å². The van der Waals surface area contributed by atoms with E-state index in [1.807, 2.05) is 35.2 Å². The molecule has 0 N–H and O–H groups in total. The molecule has 4 aromatic rings. The van der Waals surface area contributed by atoms with Crippen molar-refractivity contribution in [3.63, 3.8) is 0 Å². The SMILES string of the molecule is O=C(c1ccc2nsnc2c1)N1CCN(c2ccc(-c3noc(C4CC4)n3)cn2)CC1. The van der Waals surface area contributed by atoms with Crippen molar-refractivity contribution in [3.05, 3.63) is 48.0 Å². The molecule has 1 saturated carbocycles. The van der Waals surface area contributed by atoms with Crippen LogP contribution in [-0.2, 0) is 0 Å². The monoisotopic (exact) mass is 433 g/mol. The molecule has 9 nitrogen and oxygen atoms in total. The van der Waals surface area contributed by atoms with Crippen LogP contribution in [0.4, 0.5) is 5.82 Å². The van der Waals surface area contributed by atoms with Gasteiger partial charge in [-0.05, 0) is 43.2 Å². The van der Waals surface area contributed by atoms with Crippen LogP contribution in [0.2, 0.25) is 0 Å². The largest absolute Gasteiger partial charge is 0.353 e. The topological polar surface area (TPSA) is 101 Å². The second-order valence-corrected chi connectivity index (χ2v) is 8.41. The number of anilines is 1. The summed E-state index contributed by atoms with van der Waals surface area (Å²) in [5.74, 6) is 2.67. The summed E-state index contributed by atoms with van der Waals surface area (Å²) in [4.78, 5) is 26.0. The third kappa shape index (κ3) is 3.52. The lowest BCUT2D eigenvalue weighted by Gasteiger charge is -2.35. The summed E-state index contributed by atoms with van der Waals surface area (Å²) < 4.78 is 13.8. The molecule has 1 aliphatic carbocycles. The van der Waals surface area contributed by atoms with E-state index in [1.54, 1.807) is 6.20 Å². The molecule has 1 aliphatic heterocycles. The van der Waals surface area contributed by atoms with Crippen LogP contribution in [0.5, 0.6) is 0 Å². The maximum absolute atomic E-state index is 12.9. The number of aromatic nitrogens is 5. The van der Waals surface area contributed by atoms with Crippen molar-refractivity contribution in [2.75, 3.05) is 31.1 Å². The maximum Gasteiger partial charge on any atom is 0.254 e. The van der Waals surface area contributed by atoms with Gasteiger partial charge in [0.1, 0.15) is 16.9 Å². The van der Waals surface area contributed by atoms with Crippen LogP contribution in [0.15, 0.2) is 41.1 Å². The average Bonchev–Trinajstić information content (AvgIpc) is 3.36. The number of piperazine rings is 1. The number of benzene rings is 1. The lowest BCUT2D eigenvalue weighted by molar-refractivity contribution is 0.0746. The Hall–Kier alpha value is -3.40. The van der Waals surface area contributed by atoms with Gasteiger partial charge in [0.2, 0.25) is 11.7 Å². The molecule has 3 aromatic heterocycles. The van der Waals surface area contributed by atoms with Gasteiger partial charge >= 0.3 is 0 Å². The molecule has 0 atom stereocenters. The number of carbonyl (C=O) groups is 1. The minimum Gasteiger partial charge on any atom is -0.353 e. The van der Waals surface area contributed by atoms with E-state index in [-0.39, 0.29) is 5.91 Å². The Morgan fingerprint density at radius 3 is 2.65 bits per heavy atom. The third-order valence-corrected chi connectivity index (χ3v) is 6.32. The number of nitrogens with zero attached hydrogens (tertiary/aromatic N) is 7. The Bertz CT molecular complexity index is 1240. The van der Waals surface area contributed by atoms with E-state index in [2.05, 4.69) is 28.8 Å². The highest BCUT2D eigenvalue weighted by Crippen LogP contribution is 2.39. The Kier molecular flexibility index (Phi) is 4.37. The van der Waals surface area contributed by atoms with Crippen molar-refractivity contribution in [1.29, 1.82) is 0 Å². The first-order chi connectivity index (χ1) is 15.2. The second kappa shape index (κ2) is 7.38. The zero-order valence-corrected chi connectivity index (χ0v) is 17.5. The Labute approximate surface area is 182 Å². The van der Waals surface area contributed by atoms with E-state index >= 15 is 0 Å². The quantitative estimate of drug-likeness (QED) is 0.484. The minimum atomic E-state index is 0.0291. The molecular weight excluding hydrogens is 414 g/mol. The molecular formula is C21H19N7O2S. The lowest BCUT2D eigenvalue weighted by atomic mass is 10.1. The van der Waals surface area contributed by atoms with Crippen molar-refractivity contribution in [3.8, 4) is 11.4 Å². The molecule has 0 bridgehead atoms. The molecule has 10 heteroatoms. The Morgan fingerprint density at radius 2 is 1.87 bits per heavy atom. The number of hydrogen-bond donors (Lipinski definition) is 0. The van der Waals surface area contributed by atoms with E-state index in [0.717, 1.165) is 66.0 Å². The van der Waals surface area contributed by atoms with Crippen LogP contribution in [0.3, 0.4) is 0 Å². The van der Waals surface area contributed by atoms with Crippen LogP contribution < -0.4 is 4.90 Å². The highest BCUT2D eigenvalue weighted by atomic mass is 32.1. The van der Waals surface area contributed by atoms with Gasteiger partial charge < -0.3 is 14.3 Å². The number of rotatable bonds is 4. The van der Waals surface area contributed by atoms with Gasteiger partial charge in [-0.3, -0.25) is 4.79 Å². The minimum absolute atomic E-state index is 0.0291. The fourth-order valence-corrected chi connectivity index (χ4v) is 4.31. The highest BCUT2D eigenvalue weighted by Gasteiger charge is 2.30. The van der Waals surface area contributed by atoms with E-state index in [4.69, 9.17) is 4.52 Å². The predicted molar refractivity (Wildman–Crippen MR) is 115 cm³/mol. The number of hydrogen-bond acceptors (Lipinski definition) is 9. The van der Waals surface area contributed by atoms with Crippen molar-refractivity contribution in [2.45, 2.75) is 18.8 Å². The molecule has 156 valence electrons.